The molecule has 1 aromatic heterocycles. The van der Waals surface area contributed by atoms with Gasteiger partial charge in [-0.2, -0.15) is 0 Å². The summed E-state index contributed by atoms with van der Waals surface area (Å²) >= 11 is 1.06. The number of anilines is 1. The van der Waals surface area contributed by atoms with E-state index >= 15 is 0 Å². The van der Waals surface area contributed by atoms with Crippen molar-refractivity contribution in [3.8, 4) is 5.75 Å². The van der Waals surface area contributed by atoms with Gasteiger partial charge in [0.15, 0.2) is 28.4 Å². The van der Waals surface area contributed by atoms with Crippen LogP contribution in [0.3, 0.4) is 0 Å². The molecule has 0 saturated carbocycles. The number of nitrogens with zero attached hydrogens (tertiary/aromatic N) is 1. The normalized spacial score (nSPS) is 10.9. The summed E-state index contributed by atoms with van der Waals surface area (Å²) in [4.78, 5) is 16.1. The molecule has 24 heavy (non-hydrogen) atoms. The maximum atomic E-state index is 13.6. The van der Waals surface area contributed by atoms with Gasteiger partial charge in [0.1, 0.15) is 5.75 Å². The molecule has 0 atom stereocenters. The molecule has 0 aliphatic carbocycles. The minimum Gasteiger partial charge on any atom is -0.497 e. The van der Waals surface area contributed by atoms with E-state index in [2.05, 4.69) is 10.3 Å². The summed E-state index contributed by atoms with van der Waals surface area (Å²) in [5.41, 5.74) is -0.406. The van der Waals surface area contributed by atoms with Crippen molar-refractivity contribution < 1.29 is 27.1 Å². The number of thiazole rings is 1. The lowest BCUT2D eigenvalue weighted by atomic mass is 10.1. The summed E-state index contributed by atoms with van der Waals surface area (Å²) in [5.74, 6) is -8.01. The Bertz CT molecular complexity index is 958. The average molecular weight is 356 g/mol. The summed E-state index contributed by atoms with van der Waals surface area (Å²) in [6, 6.07) is 5.29. The Hall–Kier alpha value is -2.68. The maximum Gasteiger partial charge on any atom is 0.260 e. The zero-order chi connectivity index (χ0) is 17.4. The van der Waals surface area contributed by atoms with Crippen LogP contribution in [0.15, 0.2) is 24.3 Å². The van der Waals surface area contributed by atoms with Crippen molar-refractivity contribution >= 4 is 32.6 Å². The molecule has 0 spiro atoms. The van der Waals surface area contributed by atoms with E-state index in [1.165, 1.54) is 7.11 Å². The second-order valence-electron chi connectivity index (χ2n) is 4.65. The van der Waals surface area contributed by atoms with E-state index in [0.29, 0.717) is 22.0 Å². The fourth-order valence-corrected chi connectivity index (χ4v) is 2.88. The highest BCUT2D eigenvalue weighted by Crippen LogP contribution is 2.29. The molecule has 1 heterocycles. The van der Waals surface area contributed by atoms with Gasteiger partial charge in [0.05, 0.1) is 22.9 Å². The molecule has 9 heteroatoms. The van der Waals surface area contributed by atoms with Crippen LogP contribution in [-0.4, -0.2) is 18.0 Å². The Morgan fingerprint density at radius 2 is 1.88 bits per heavy atom. The zero-order valence-electron chi connectivity index (χ0n) is 12.0. The number of nitrogens with one attached hydrogen (secondary N) is 1. The van der Waals surface area contributed by atoms with Crippen molar-refractivity contribution in [2.75, 3.05) is 12.4 Å². The SMILES string of the molecule is COc1ccc2nc(NC(=O)c3cc(F)c(F)c(F)c3F)sc2c1. The Morgan fingerprint density at radius 3 is 2.58 bits per heavy atom. The van der Waals surface area contributed by atoms with Crippen molar-refractivity contribution in [2.24, 2.45) is 0 Å². The van der Waals surface area contributed by atoms with Crippen LogP contribution in [0.1, 0.15) is 10.4 Å². The highest BCUT2D eigenvalue weighted by atomic mass is 32.1. The predicted molar refractivity (Wildman–Crippen MR) is 80.4 cm³/mol. The van der Waals surface area contributed by atoms with Gasteiger partial charge in [0, 0.05) is 0 Å². The Balaban J connectivity index is 1.93. The van der Waals surface area contributed by atoms with E-state index in [0.717, 1.165) is 11.3 Å². The summed E-state index contributed by atoms with van der Waals surface area (Å²) in [5, 5.41) is 2.32. The van der Waals surface area contributed by atoms with Crippen LogP contribution < -0.4 is 10.1 Å². The maximum absolute atomic E-state index is 13.6. The molecule has 0 aliphatic rings. The number of benzene rings is 2. The van der Waals surface area contributed by atoms with Gasteiger partial charge in [0.25, 0.3) is 5.91 Å². The number of carbonyl (C=O) groups excluding carboxylic acids is 1. The predicted octanol–water partition coefficient (Wildman–Crippen LogP) is 4.11. The summed E-state index contributed by atoms with van der Waals surface area (Å²) in [6.07, 6.45) is 0. The van der Waals surface area contributed by atoms with E-state index in [-0.39, 0.29) is 5.13 Å². The molecular weight excluding hydrogens is 348 g/mol. The van der Waals surface area contributed by atoms with Crippen LogP contribution in [0, 0.1) is 23.3 Å². The van der Waals surface area contributed by atoms with Crippen molar-refractivity contribution in [1.82, 2.24) is 4.98 Å². The second-order valence-corrected chi connectivity index (χ2v) is 5.69. The molecular formula is C15H8F4N2O2S. The first kappa shape index (κ1) is 16.2. The molecule has 2 aromatic carbocycles. The van der Waals surface area contributed by atoms with Gasteiger partial charge in [-0.15, -0.1) is 0 Å². The molecule has 0 radical (unpaired) electrons. The van der Waals surface area contributed by atoms with Gasteiger partial charge in [-0.05, 0) is 24.3 Å². The average Bonchev–Trinajstić information content (AvgIpc) is 2.97. The van der Waals surface area contributed by atoms with E-state index in [4.69, 9.17) is 4.74 Å². The van der Waals surface area contributed by atoms with E-state index < -0.39 is 34.7 Å². The summed E-state index contributed by atoms with van der Waals surface area (Å²) in [7, 11) is 1.49. The molecule has 3 aromatic rings. The monoisotopic (exact) mass is 356 g/mol. The lowest BCUT2D eigenvalue weighted by Crippen LogP contribution is -2.16. The highest BCUT2D eigenvalue weighted by molar-refractivity contribution is 7.22. The lowest BCUT2D eigenvalue weighted by Gasteiger charge is -2.05. The Kier molecular flexibility index (Phi) is 4.10. The van der Waals surface area contributed by atoms with Gasteiger partial charge in [-0.3, -0.25) is 10.1 Å². The van der Waals surface area contributed by atoms with Gasteiger partial charge >= 0.3 is 0 Å². The molecule has 3 rings (SSSR count). The molecule has 1 N–H and O–H groups in total. The third-order valence-electron chi connectivity index (χ3n) is 3.16. The molecule has 0 aliphatic heterocycles. The smallest absolute Gasteiger partial charge is 0.260 e. The van der Waals surface area contributed by atoms with E-state index in [1.54, 1.807) is 18.2 Å². The number of carbonyl (C=O) groups is 1. The molecule has 0 fully saturated rings. The van der Waals surface area contributed by atoms with Gasteiger partial charge in [-0.1, -0.05) is 11.3 Å². The fraction of sp³-hybridized carbons (Fsp3) is 0.0667. The van der Waals surface area contributed by atoms with Crippen molar-refractivity contribution in [1.29, 1.82) is 0 Å². The third kappa shape index (κ3) is 2.78. The minimum absolute atomic E-state index is 0.0906. The molecule has 1 amide bonds. The van der Waals surface area contributed by atoms with Crippen LogP contribution in [0.5, 0.6) is 5.75 Å². The van der Waals surface area contributed by atoms with Crippen molar-refractivity contribution in [3.05, 3.63) is 53.1 Å². The number of hydrogen-bond donors (Lipinski definition) is 1. The molecule has 0 bridgehead atoms. The number of amides is 1. The molecule has 4 nitrogen and oxygen atoms in total. The molecule has 0 saturated heterocycles. The number of ether oxygens (including phenoxy) is 1. The summed E-state index contributed by atoms with van der Waals surface area (Å²) in [6.45, 7) is 0. The highest BCUT2D eigenvalue weighted by Gasteiger charge is 2.23. The number of fused-ring (bicyclic) bond motifs is 1. The van der Waals surface area contributed by atoms with Gasteiger partial charge < -0.3 is 4.74 Å². The number of halogens is 4. The van der Waals surface area contributed by atoms with Crippen molar-refractivity contribution in [2.45, 2.75) is 0 Å². The summed E-state index contributed by atoms with van der Waals surface area (Å²) < 4.78 is 58.7. The van der Waals surface area contributed by atoms with E-state index in [9.17, 15) is 22.4 Å². The third-order valence-corrected chi connectivity index (χ3v) is 4.10. The first-order valence-electron chi connectivity index (χ1n) is 6.49. The van der Waals surface area contributed by atoms with Crippen LogP contribution in [0.4, 0.5) is 22.7 Å². The van der Waals surface area contributed by atoms with Crippen LogP contribution in [-0.2, 0) is 0 Å². The quantitative estimate of drug-likeness (QED) is 0.436. The first-order valence-corrected chi connectivity index (χ1v) is 7.31. The first-order chi connectivity index (χ1) is 11.4. The number of aromatic nitrogens is 1. The van der Waals surface area contributed by atoms with Crippen LogP contribution in [0.2, 0.25) is 0 Å². The Labute approximate surface area is 136 Å². The Morgan fingerprint density at radius 1 is 1.12 bits per heavy atom. The van der Waals surface area contributed by atoms with Crippen molar-refractivity contribution in [3.63, 3.8) is 0 Å². The van der Waals surface area contributed by atoms with Crippen LogP contribution in [0.25, 0.3) is 10.2 Å². The van der Waals surface area contributed by atoms with Gasteiger partial charge in [-0.25, -0.2) is 22.5 Å². The second kappa shape index (κ2) is 6.08. The molecule has 0 unspecified atom stereocenters. The number of rotatable bonds is 3. The minimum atomic E-state index is -2.05. The largest absolute Gasteiger partial charge is 0.497 e. The van der Waals surface area contributed by atoms with Crippen LogP contribution >= 0.6 is 11.3 Å². The fourth-order valence-electron chi connectivity index (χ4n) is 1.99. The number of methoxy groups -OCH3 is 1. The van der Waals surface area contributed by atoms with Gasteiger partial charge in [0.2, 0.25) is 0 Å². The standard InChI is InChI=1S/C15H8F4N2O2S/c1-23-6-2-3-9-10(4-6)24-15(20-9)21-14(22)7-5-8(16)12(18)13(19)11(7)17/h2-5H,1H3,(H,20,21,22). The number of hydrogen-bond acceptors (Lipinski definition) is 4. The molecule has 124 valence electrons. The lowest BCUT2D eigenvalue weighted by molar-refractivity contribution is 0.102. The topological polar surface area (TPSA) is 51.2 Å². The van der Waals surface area contributed by atoms with E-state index in [1.807, 2.05) is 0 Å². The zero-order valence-corrected chi connectivity index (χ0v) is 12.8.